The van der Waals surface area contributed by atoms with E-state index >= 15 is 0 Å². The molecule has 0 spiro atoms. The Morgan fingerprint density at radius 3 is 1.62 bits per heavy atom. The molecule has 0 fully saturated rings. The first-order valence-corrected chi connectivity index (χ1v) is 18.7. The third kappa shape index (κ3) is 6.12. The fraction of sp³-hybridized carbons (Fsp3) is 0.0400. The average molecular weight is 711 g/mol. The van der Waals surface area contributed by atoms with Crippen LogP contribution in [0.25, 0.3) is 33.0 Å². The SMILES string of the molecule is C1=CN(c2cccc(Oc3cccc(N4CN(c5c(-c6ccccc6)cccc5-c5ccccc5)c5c4ccc4ccccc54)c3)c2)CN1c1ccccc1. The van der Waals surface area contributed by atoms with Gasteiger partial charge in [0.1, 0.15) is 18.2 Å². The van der Waals surface area contributed by atoms with E-state index in [2.05, 4.69) is 208 Å². The predicted molar refractivity (Wildman–Crippen MR) is 229 cm³/mol. The molecule has 0 bridgehead atoms. The Morgan fingerprint density at radius 2 is 0.927 bits per heavy atom. The molecule has 264 valence electrons. The van der Waals surface area contributed by atoms with Crippen LogP contribution in [0.3, 0.4) is 0 Å². The number of hydrogen-bond donors (Lipinski definition) is 0. The Bertz CT molecular complexity index is 2600. The zero-order chi connectivity index (χ0) is 36.6. The van der Waals surface area contributed by atoms with E-state index in [0.29, 0.717) is 6.67 Å². The van der Waals surface area contributed by atoms with Crippen molar-refractivity contribution in [2.75, 3.05) is 32.9 Å². The van der Waals surface area contributed by atoms with E-state index in [4.69, 9.17) is 4.74 Å². The van der Waals surface area contributed by atoms with E-state index in [1.807, 2.05) is 18.2 Å². The molecule has 0 saturated heterocycles. The molecular weight excluding hydrogens is 673 g/mol. The maximum atomic E-state index is 6.61. The summed E-state index contributed by atoms with van der Waals surface area (Å²) in [5.74, 6) is 1.58. The molecule has 0 aliphatic carbocycles. The van der Waals surface area contributed by atoms with Crippen LogP contribution in [0.15, 0.2) is 207 Å². The molecule has 0 unspecified atom stereocenters. The van der Waals surface area contributed by atoms with E-state index in [1.54, 1.807) is 0 Å². The summed E-state index contributed by atoms with van der Waals surface area (Å²) in [6.07, 6.45) is 4.24. The van der Waals surface area contributed by atoms with Gasteiger partial charge in [-0.25, -0.2) is 0 Å². The van der Waals surface area contributed by atoms with Crippen LogP contribution in [0.5, 0.6) is 11.5 Å². The molecule has 0 amide bonds. The van der Waals surface area contributed by atoms with Crippen molar-refractivity contribution in [3.8, 4) is 33.8 Å². The third-order valence-electron chi connectivity index (χ3n) is 10.5. The van der Waals surface area contributed by atoms with E-state index in [-0.39, 0.29) is 0 Å². The maximum Gasteiger partial charge on any atom is 0.129 e. The second-order valence-corrected chi connectivity index (χ2v) is 13.9. The number of para-hydroxylation sites is 2. The van der Waals surface area contributed by atoms with E-state index in [1.165, 1.54) is 50.1 Å². The molecular formula is C50H38N4O. The van der Waals surface area contributed by atoms with Gasteiger partial charge in [0.2, 0.25) is 0 Å². The molecule has 0 N–H and O–H groups in total. The van der Waals surface area contributed by atoms with Crippen LogP contribution in [0.2, 0.25) is 0 Å². The van der Waals surface area contributed by atoms with Crippen LogP contribution in [-0.2, 0) is 0 Å². The van der Waals surface area contributed by atoms with Crippen molar-refractivity contribution < 1.29 is 4.74 Å². The van der Waals surface area contributed by atoms with Gasteiger partial charge in [-0.3, -0.25) is 0 Å². The van der Waals surface area contributed by atoms with Gasteiger partial charge in [-0.15, -0.1) is 0 Å². The average Bonchev–Trinajstić information content (AvgIpc) is 3.91. The fourth-order valence-electron chi connectivity index (χ4n) is 7.92. The topological polar surface area (TPSA) is 22.2 Å². The highest BCUT2D eigenvalue weighted by molar-refractivity contribution is 6.09. The summed E-state index contributed by atoms with van der Waals surface area (Å²) in [7, 11) is 0. The number of rotatable bonds is 8. The molecule has 8 aromatic rings. The molecule has 55 heavy (non-hydrogen) atoms. The molecule has 0 aromatic heterocycles. The zero-order valence-electron chi connectivity index (χ0n) is 30.2. The Hall–Kier alpha value is -7.24. The summed E-state index contributed by atoms with van der Waals surface area (Å²) < 4.78 is 6.61. The summed E-state index contributed by atoms with van der Waals surface area (Å²) in [6.45, 7) is 1.37. The van der Waals surface area contributed by atoms with Crippen molar-refractivity contribution in [1.82, 2.24) is 0 Å². The van der Waals surface area contributed by atoms with Crippen LogP contribution in [0.4, 0.5) is 34.1 Å². The molecule has 8 aromatic carbocycles. The lowest BCUT2D eigenvalue weighted by atomic mass is 9.94. The van der Waals surface area contributed by atoms with Crippen LogP contribution in [-0.4, -0.2) is 13.3 Å². The first-order valence-electron chi connectivity index (χ1n) is 18.7. The van der Waals surface area contributed by atoms with Gasteiger partial charge in [-0.2, -0.15) is 0 Å². The Kier molecular flexibility index (Phi) is 8.23. The second-order valence-electron chi connectivity index (χ2n) is 13.9. The van der Waals surface area contributed by atoms with Crippen molar-refractivity contribution in [3.05, 3.63) is 207 Å². The van der Waals surface area contributed by atoms with Crippen LogP contribution < -0.4 is 24.3 Å². The van der Waals surface area contributed by atoms with Gasteiger partial charge in [0.05, 0.1) is 23.7 Å². The minimum atomic E-state index is 0.630. The van der Waals surface area contributed by atoms with E-state index in [9.17, 15) is 0 Å². The molecule has 2 aliphatic rings. The molecule has 10 rings (SSSR count). The van der Waals surface area contributed by atoms with Crippen LogP contribution in [0, 0.1) is 0 Å². The Morgan fingerprint density at radius 1 is 0.382 bits per heavy atom. The molecule has 0 saturated carbocycles. The lowest BCUT2D eigenvalue weighted by Crippen LogP contribution is -2.25. The van der Waals surface area contributed by atoms with Gasteiger partial charge in [0.25, 0.3) is 0 Å². The molecule has 5 nitrogen and oxygen atoms in total. The molecule has 5 heteroatoms. The second kappa shape index (κ2) is 14.0. The number of nitrogens with zero attached hydrogens (tertiary/aromatic N) is 4. The first kappa shape index (κ1) is 32.4. The summed E-state index contributed by atoms with van der Waals surface area (Å²) in [5, 5.41) is 2.43. The number of hydrogen-bond acceptors (Lipinski definition) is 5. The maximum absolute atomic E-state index is 6.61. The third-order valence-corrected chi connectivity index (χ3v) is 10.5. The lowest BCUT2D eigenvalue weighted by molar-refractivity contribution is 0.483. The first-order chi connectivity index (χ1) is 27.3. The van der Waals surface area contributed by atoms with Gasteiger partial charge < -0.3 is 24.3 Å². The number of benzene rings is 8. The van der Waals surface area contributed by atoms with Crippen molar-refractivity contribution in [3.63, 3.8) is 0 Å². The van der Waals surface area contributed by atoms with Crippen molar-refractivity contribution in [1.29, 1.82) is 0 Å². The van der Waals surface area contributed by atoms with Gasteiger partial charge in [-0.1, -0.05) is 140 Å². The summed E-state index contributed by atoms with van der Waals surface area (Å²) >= 11 is 0. The molecule has 0 atom stereocenters. The normalized spacial score (nSPS) is 13.5. The minimum absolute atomic E-state index is 0.630. The predicted octanol–water partition coefficient (Wildman–Crippen LogP) is 13.0. The Balaban J connectivity index is 1.02. The summed E-state index contributed by atoms with van der Waals surface area (Å²) in [6, 6.07) is 68.6. The number of ether oxygens (including phenoxy) is 1. The van der Waals surface area contributed by atoms with Crippen LogP contribution >= 0.6 is 0 Å². The highest BCUT2D eigenvalue weighted by Gasteiger charge is 2.33. The van der Waals surface area contributed by atoms with Crippen molar-refractivity contribution in [2.45, 2.75) is 0 Å². The monoisotopic (exact) mass is 710 g/mol. The lowest BCUT2D eigenvalue weighted by Gasteiger charge is -2.27. The van der Waals surface area contributed by atoms with Gasteiger partial charge in [0, 0.05) is 58.1 Å². The molecule has 2 heterocycles. The number of fused-ring (bicyclic) bond motifs is 3. The van der Waals surface area contributed by atoms with E-state index in [0.717, 1.165) is 35.2 Å². The van der Waals surface area contributed by atoms with Gasteiger partial charge in [-0.05, 0) is 59.0 Å². The largest absolute Gasteiger partial charge is 0.457 e. The smallest absolute Gasteiger partial charge is 0.129 e. The molecule has 0 radical (unpaired) electrons. The minimum Gasteiger partial charge on any atom is -0.457 e. The number of anilines is 6. The summed E-state index contributed by atoms with van der Waals surface area (Å²) in [5.41, 5.74) is 11.6. The molecule has 2 aliphatic heterocycles. The summed E-state index contributed by atoms with van der Waals surface area (Å²) in [4.78, 5) is 9.39. The highest BCUT2D eigenvalue weighted by Crippen LogP contribution is 2.52. The highest BCUT2D eigenvalue weighted by atomic mass is 16.5. The van der Waals surface area contributed by atoms with Crippen molar-refractivity contribution in [2.24, 2.45) is 0 Å². The van der Waals surface area contributed by atoms with Crippen LogP contribution in [0.1, 0.15) is 0 Å². The van der Waals surface area contributed by atoms with Gasteiger partial charge >= 0.3 is 0 Å². The van der Waals surface area contributed by atoms with Crippen molar-refractivity contribution >= 4 is 44.9 Å². The standard InChI is InChI=1S/C50H38N4O/c1-4-15-37(16-5-1)45-27-14-28-46(38-17-6-2-7-18-38)49(45)54-36-53(48-30-29-39-19-10-11-26-47(39)50(48)54)42-23-13-25-44(34-42)55-43-24-12-22-41(33-43)52-32-31-51(35-52)40-20-8-3-9-21-40/h1-34H,35-36H2. The van der Waals surface area contributed by atoms with E-state index < -0.39 is 0 Å². The zero-order valence-corrected chi connectivity index (χ0v) is 30.2. The Labute approximate surface area is 321 Å². The quantitative estimate of drug-likeness (QED) is 0.156. The van der Waals surface area contributed by atoms with Gasteiger partial charge in [0.15, 0.2) is 0 Å². The fourth-order valence-corrected chi connectivity index (χ4v) is 7.92.